The minimum absolute atomic E-state index is 0.134. The minimum atomic E-state index is -0.708. The molecule has 5 rings (SSSR count). The number of imide groups is 1. The minimum Gasteiger partial charge on any atom is -0.469 e. The van der Waals surface area contributed by atoms with Gasteiger partial charge in [0.2, 0.25) is 11.8 Å². The molecule has 0 radical (unpaired) electrons. The maximum absolute atomic E-state index is 13.1. The topological polar surface area (TPSA) is 63.7 Å². The van der Waals surface area contributed by atoms with Crippen LogP contribution in [0, 0.1) is 23.2 Å². The van der Waals surface area contributed by atoms with Crippen molar-refractivity contribution in [3.05, 3.63) is 30.3 Å². The number of para-hydroxylation sites is 1. The van der Waals surface area contributed by atoms with E-state index in [2.05, 4.69) is 0 Å². The molecule has 23 heavy (non-hydrogen) atoms. The number of rotatable bonds is 2. The number of hydrogen-bond donors (Lipinski definition) is 0. The Balaban J connectivity index is 1.81. The fourth-order valence-corrected chi connectivity index (χ4v) is 4.93. The van der Waals surface area contributed by atoms with Gasteiger partial charge in [-0.15, -0.1) is 0 Å². The van der Waals surface area contributed by atoms with Gasteiger partial charge in [-0.2, -0.15) is 0 Å². The third kappa shape index (κ3) is 1.76. The smallest absolute Gasteiger partial charge is 0.309 e. The van der Waals surface area contributed by atoms with Crippen molar-refractivity contribution in [3.63, 3.8) is 0 Å². The first-order chi connectivity index (χ1) is 11.1. The molecule has 5 nitrogen and oxygen atoms in total. The molecule has 3 saturated carbocycles. The van der Waals surface area contributed by atoms with Gasteiger partial charge < -0.3 is 4.74 Å². The first kappa shape index (κ1) is 14.4. The summed E-state index contributed by atoms with van der Waals surface area (Å²) in [7, 11) is 1.35. The van der Waals surface area contributed by atoms with Crippen LogP contribution in [0.25, 0.3) is 0 Å². The third-order valence-electron chi connectivity index (χ3n) is 5.99. The molecule has 1 aromatic rings. The molecular weight excluding hydrogens is 294 g/mol. The zero-order valence-corrected chi connectivity index (χ0v) is 13.0. The highest BCUT2D eigenvalue weighted by Crippen LogP contribution is 2.61. The Bertz CT molecular complexity index is 676. The molecular formula is C18H19NO4. The van der Waals surface area contributed by atoms with Gasteiger partial charge in [0.1, 0.15) is 0 Å². The molecule has 0 aromatic heterocycles. The van der Waals surface area contributed by atoms with Crippen LogP contribution in [0.4, 0.5) is 5.69 Å². The second-order valence-corrected chi connectivity index (χ2v) is 6.83. The Morgan fingerprint density at radius 2 is 1.83 bits per heavy atom. The maximum Gasteiger partial charge on any atom is 0.309 e. The van der Waals surface area contributed by atoms with Crippen molar-refractivity contribution in [2.75, 3.05) is 12.0 Å². The van der Waals surface area contributed by atoms with E-state index in [1.54, 1.807) is 12.1 Å². The van der Waals surface area contributed by atoms with Crippen LogP contribution in [0.5, 0.6) is 0 Å². The van der Waals surface area contributed by atoms with E-state index in [1.807, 2.05) is 18.2 Å². The lowest BCUT2D eigenvalue weighted by molar-refractivity contribution is -0.165. The summed E-state index contributed by atoms with van der Waals surface area (Å²) < 4.78 is 4.95. The number of amides is 2. The van der Waals surface area contributed by atoms with Crippen LogP contribution >= 0.6 is 0 Å². The summed E-state index contributed by atoms with van der Waals surface area (Å²) in [4.78, 5) is 39.8. The molecule has 1 aromatic carbocycles. The molecule has 1 saturated heterocycles. The van der Waals surface area contributed by atoms with Crippen molar-refractivity contribution in [2.45, 2.75) is 25.7 Å². The Morgan fingerprint density at radius 1 is 1.17 bits per heavy atom. The number of anilines is 1. The van der Waals surface area contributed by atoms with Crippen LogP contribution < -0.4 is 4.90 Å². The average Bonchev–Trinajstić information content (AvgIpc) is 2.83. The monoisotopic (exact) mass is 313 g/mol. The Kier molecular flexibility index (Phi) is 3.08. The normalized spacial score (nSPS) is 35.3. The molecule has 3 aliphatic carbocycles. The lowest BCUT2D eigenvalue weighted by Gasteiger charge is -2.49. The van der Waals surface area contributed by atoms with Crippen LogP contribution in [0.2, 0.25) is 0 Å². The SMILES string of the molecule is COC(=O)[C@H]1C2CCC3(CC2)C(=O)N(c2ccccc2)C(=O)[C@@H]13. The number of carbonyl (C=O) groups is 3. The summed E-state index contributed by atoms with van der Waals surface area (Å²) in [6.07, 6.45) is 3.03. The number of ether oxygens (including phenoxy) is 1. The summed E-state index contributed by atoms with van der Waals surface area (Å²) in [5.74, 6) is -1.60. The highest BCUT2D eigenvalue weighted by atomic mass is 16.5. The zero-order valence-electron chi connectivity index (χ0n) is 13.0. The first-order valence-corrected chi connectivity index (χ1v) is 8.11. The van der Waals surface area contributed by atoms with E-state index in [0.717, 1.165) is 12.8 Å². The van der Waals surface area contributed by atoms with E-state index in [9.17, 15) is 14.4 Å². The Morgan fingerprint density at radius 3 is 2.43 bits per heavy atom. The number of benzene rings is 1. The average molecular weight is 313 g/mol. The van der Waals surface area contributed by atoms with Gasteiger partial charge in [0.05, 0.1) is 30.0 Å². The molecule has 2 bridgehead atoms. The van der Waals surface area contributed by atoms with Gasteiger partial charge in [-0.25, -0.2) is 4.90 Å². The van der Waals surface area contributed by atoms with Crippen LogP contribution in [0.1, 0.15) is 25.7 Å². The van der Waals surface area contributed by atoms with E-state index < -0.39 is 17.3 Å². The highest BCUT2D eigenvalue weighted by molar-refractivity contribution is 6.24. The summed E-state index contributed by atoms with van der Waals surface area (Å²) in [5, 5.41) is 0. The number of carbonyl (C=O) groups excluding carboxylic acids is 3. The van der Waals surface area contributed by atoms with Gasteiger partial charge in [-0.1, -0.05) is 18.2 Å². The number of nitrogens with zero attached hydrogens (tertiary/aromatic N) is 1. The molecule has 4 aliphatic rings. The van der Waals surface area contributed by atoms with E-state index in [-0.39, 0.29) is 23.7 Å². The van der Waals surface area contributed by atoms with Gasteiger partial charge in [0.25, 0.3) is 0 Å². The van der Waals surface area contributed by atoms with Crippen LogP contribution in [-0.2, 0) is 19.1 Å². The third-order valence-corrected chi connectivity index (χ3v) is 5.99. The molecule has 0 N–H and O–H groups in total. The summed E-state index contributed by atoms with van der Waals surface area (Å²) in [6.45, 7) is 0. The number of esters is 1. The fourth-order valence-electron chi connectivity index (χ4n) is 4.93. The molecule has 1 heterocycles. The largest absolute Gasteiger partial charge is 0.469 e. The molecule has 1 aliphatic heterocycles. The molecule has 1 spiro atoms. The second kappa shape index (κ2) is 4.91. The standard InChI is InChI=1S/C18H19NO4/c1-23-16(21)13-11-7-9-18(10-8-11)14(13)15(20)19(17(18)22)12-5-3-2-4-6-12/h2-6,11,13-14H,7-10H2,1H3/t11?,13-,14+,18?/m0/s1. The van der Waals surface area contributed by atoms with Gasteiger partial charge >= 0.3 is 5.97 Å². The fraction of sp³-hybridized carbons (Fsp3) is 0.500. The van der Waals surface area contributed by atoms with Gasteiger partial charge in [-0.3, -0.25) is 14.4 Å². The van der Waals surface area contributed by atoms with Crippen molar-refractivity contribution < 1.29 is 19.1 Å². The summed E-state index contributed by atoms with van der Waals surface area (Å²) >= 11 is 0. The predicted octanol–water partition coefficient (Wildman–Crippen LogP) is 2.16. The van der Waals surface area contributed by atoms with Crippen molar-refractivity contribution in [3.8, 4) is 0 Å². The Hall–Kier alpha value is -2.17. The second-order valence-electron chi connectivity index (χ2n) is 6.83. The van der Waals surface area contributed by atoms with Crippen molar-refractivity contribution in [1.82, 2.24) is 0 Å². The van der Waals surface area contributed by atoms with Crippen LogP contribution in [0.3, 0.4) is 0 Å². The lowest BCUT2D eigenvalue weighted by Crippen LogP contribution is -2.52. The molecule has 5 heteroatoms. The summed E-state index contributed by atoms with van der Waals surface area (Å²) in [5.41, 5.74) is -0.112. The quantitative estimate of drug-likeness (QED) is 0.620. The van der Waals surface area contributed by atoms with E-state index >= 15 is 0 Å². The molecule has 120 valence electrons. The molecule has 2 atom stereocenters. The van der Waals surface area contributed by atoms with E-state index in [4.69, 9.17) is 4.74 Å². The van der Waals surface area contributed by atoms with E-state index in [0.29, 0.717) is 18.5 Å². The Labute approximate surface area is 134 Å². The van der Waals surface area contributed by atoms with Crippen LogP contribution in [0.15, 0.2) is 30.3 Å². The van der Waals surface area contributed by atoms with Gasteiger partial charge in [0, 0.05) is 0 Å². The predicted molar refractivity (Wildman–Crippen MR) is 82.3 cm³/mol. The number of fused-ring (bicyclic) bond motifs is 2. The molecule has 0 unspecified atom stereocenters. The van der Waals surface area contributed by atoms with Gasteiger partial charge in [-0.05, 0) is 43.7 Å². The van der Waals surface area contributed by atoms with Crippen molar-refractivity contribution in [1.29, 1.82) is 0 Å². The maximum atomic E-state index is 13.1. The van der Waals surface area contributed by atoms with E-state index in [1.165, 1.54) is 12.0 Å². The van der Waals surface area contributed by atoms with Crippen LogP contribution in [-0.4, -0.2) is 24.9 Å². The number of hydrogen-bond acceptors (Lipinski definition) is 4. The van der Waals surface area contributed by atoms with Crippen molar-refractivity contribution in [2.24, 2.45) is 23.2 Å². The zero-order chi connectivity index (χ0) is 16.2. The van der Waals surface area contributed by atoms with Crippen molar-refractivity contribution >= 4 is 23.5 Å². The molecule has 2 amide bonds. The summed E-state index contributed by atoms with van der Waals surface area (Å²) in [6, 6.07) is 9.00. The highest BCUT2D eigenvalue weighted by Gasteiger charge is 2.68. The first-order valence-electron chi connectivity index (χ1n) is 8.11. The molecule has 4 fully saturated rings. The van der Waals surface area contributed by atoms with Gasteiger partial charge in [0.15, 0.2) is 0 Å². The lowest BCUT2D eigenvalue weighted by atomic mass is 9.51. The number of methoxy groups -OCH3 is 1.